The molecule has 0 aliphatic heterocycles. The second-order valence-electron chi connectivity index (χ2n) is 4.66. The molecule has 1 heteroatoms. The maximum absolute atomic E-state index is 3.82. The lowest BCUT2D eigenvalue weighted by Crippen LogP contribution is -2.37. The summed E-state index contributed by atoms with van der Waals surface area (Å²) in [7, 11) is 0. The molecule has 2 unspecified atom stereocenters. The van der Waals surface area contributed by atoms with Crippen LogP contribution in [0.4, 0.5) is 0 Å². The average molecular weight is 213 g/mol. The molecular weight excluding hydrogens is 182 g/mol. The van der Waals surface area contributed by atoms with E-state index < -0.39 is 0 Å². The Labute approximate surface area is 97.0 Å². The van der Waals surface area contributed by atoms with Crippen LogP contribution in [0.1, 0.15) is 79.1 Å². The number of rotatable bonds is 10. The van der Waals surface area contributed by atoms with E-state index in [2.05, 4.69) is 33.0 Å². The van der Waals surface area contributed by atoms with Gasteiger partial charge in [-0.2, -0.15) is 0 Å². The second-order valence-corrected chi connectivity index (χ2v) is 4.66. The van der Waals surface area contributed by atoms with Gasteiger partial charge in [-0.15, -0.1) is 0 Å². The first kappa shape index (κ1) is 15.0. The third-order valence-corrected chi connectivity index (χ3v) is 3.27. The monoisotopic (exact) mass is 213 g/mol. The Morgan fingerprint density at radius 1 is 0.733 bits per heavy atom. The predicted molar refractivity (Wildman–Crippen MR) is 70.3 cm³/mol. The van der Waals surface area contributed by atoms with E-state index in [1.165, 1.54) is 51.4 Å². The van der Waals surface area contributed by atoms with Crippen LogP contribution in [0.3, 0.4) is 0 Å². The Kier molecular flexibility index (Phi) is 10.4. The molecule has 0 saturated carbocycles. The molecule has 1 N–H and O–H groups in total. The molecule has 0 saturated heterocycles. The summed E-state index contributed by atoms with van der Waals surface area (Å²) >= 11 is 0. The van der Waals surface area contributed by atoms with Crippen LogP contribution < -0.4 is 5.32 Å². The first-order valence-corrected chi connectivity index (χ1v) is 7.04. The Hall–Kier alpha value is -0.0400. The van der Waals surface area contributed by atoms with Crippen LogP contribution >= 0.6 is 0 Å². The maximum Gasteiger partial charge on any atom is 0.00670 e. The summed E-state index contributed by atoms with van der Waals surface area (Å²) in [6.45, 7) is 9.17. The van der Waals surface area contributed by atoms with Crippen molar-refractivity contribution in [2.75, 3.05) is 0 Å². The minimum atomic E-state index is 0.756. The van der Waals surface area contributed by atoms with Gasteiger partial charge in [0, 0.05) is 12.1 Å². The second kappa shape index (κ2) is 10.5. The van der Waals surface area contributed by atoms with E-state index >= 15 is 0 Å². The maximum atomic E-state index is 3.82. The van der Waals surface area contributed by atoms with Crippen molar-refractivity contribution in [2.24, 2.45) is 0 Å². The van der Waals surface area contributed by atoms with Crippen LogP contribution in [0.2, 0.25) is 0 Å². The van der Waals surface area contributed by atoms with E-state index in [0.29, 0.717) is 0 Å². The minimum Gasteiger partial charge on any atom is -0.311 e. The molecule has 0 heterocycles. The highest BCUT2D eigenvalue weighted by Gasteiger charge is 2.11. The molecule has 0 fully saturated rings. The van der Waals surface area contributed by atoms with Crippen LogP contribution in [0, 0.1) is 0 Å². The number of hydrogen-bond donors (Lipinski definition) is 1. The van der Waals surface area contributed by atoms with Gasteiger partial charge < -0.3 is 5.32 Å². The third-order valence-electron chi connectivity index (χ3n) is 3.27. The predicted octanol–water partition coefficient (Wildman–Crippen LogP) is 4.51. The van der Waals surface area contributed by atoms with Gasteiger partial charge in [0.25, 0.3) is 0 Å². The Bertz CT molecular complexity index is 109. The van der Waals surface area contributed by atoms with Crippen molar-refractivity contribution in [1.82, 2.24) is 5.32 Å². The van der Waals surface area contributed by atoms with Crippen LogP contribution in [0.5, 0.6) is 0 Å². The first-order chi connectivity index (χ1) is 7.28. The van der Waals surface area contributed by atoms with Crippen molar-refractivity contribution >= 4 is 0 Å². The molecule has 0 spiro atoms. The Balaban J connectivity index is 3.77. The van der Waals surface area contributed by atoms with Gasteiger partial charge in [-0.25, -0.2) is 0 Å². The standard InChI is InChI=1S/C14H31N/c1-5-9-11-13(7-3)15-14(8-4)12-10-6-2/h13-15H,5-12H2,1-4H3. The van der Waals surface area contributed by atoms with E-state index in [1.807, 2.05) is 0 Å². The molecule has 0 aliphatic carbocycles. The highest BCUT2D eigenvalue weighted by molar-refractivity contribution is 4.72. The van der Waals surface area contributed by atoms with Gasteiger partial charge in [-0.3, -0.25) is 0 Å². The Morgan fingerprint density at radius 2 is 1.13 bits per heavy atom. The van der Waals surface area contributed by atoms with Crippen LogP contribution in [-0.2, 0) is 0 Å². The molecular formula is C14H31N. The van der Waals surface area contributed by atoms with E-state index in [4.69, 9.17) is 0 Å². The molecule has 0 aromatic rings. The van der Waals surface area contributed by atoms with Crippen molar-refractivity contribution in [3.05, 3.63) is 0 Å². The van der Waals surface area contributed by atoms with Crippen molar-refractivity contribution in [2.45, 2.75) is 91.1 Å². The minimum absolute atomic E-state index is 0.756. The summed E-state index contributed by atoms with van der Waals surface area (Å²) in [4.78, 5) is 0. The van der Waals surface area contributed by atoms with Gasteiger partial charge in [0.05, 0.1) is 0 Å². The average Bonchev–Trinajstić information content (AvgIpc) is 2.28. The molecule has 92 valence electrons. The number of hydrogen-bond acceptors (Lipinski definition) is 1. The molecule has 0 radical (unpaired) electrons. The molecule has 0 bridgehead atoms. The van der Waals surface area contributed by atoms with Gasteiger partial charge >= 0.3 is 0 Å². The van der Waals surface area contributed by atoms with Crippen LogP contribution in [0.15, 0.2) is 0 Å². The van der Waals surface area contributed by atoms with Crippen molar-refractivity contribution in [1.29, 1.82) is 0 Å². The fourth-order valence-corrected chi connectivity index (χ4v) is 2.04. The molecule has 0 aromatic heterocycles. The quantitative estimate of drug-likeness (QED) is 0.563. The van der Waals surface area contributed by atoms with Crippen LogP contribution in [0.25, 0.3) is 0 Å². The molecule has 0 aromatic carbocycles. The van der Waals surface area contributed by atoms with E-state index in [1.54, 1.807) is 0 Å². The lowest BCUT2D eigenvalue weighted by molar-refractivity contribution is 0.362. The molecule has 2 atom stereocenters. The molecule has 0 amide bonds. The van der Waals surface area contributed by atoms with Gasteiger partial charge in [-0.05, 0) is 25.7 Å². The van der Waals surface area contributed by atoms with Crippen molar-refractivity contribution in [3.63, 3.8) is 0 Å². The summed E-state index contributed by atoms with van der Waals surface area (Å²) in [5.74, 6) is 0. The summed E-state index contributed by atoms with van der Waals surface area (Å²) in [6.07, 6.45) is 10.7. The Morgan fingerprint density at radius 3 is 1.40 bits per heavy atom. The van der Waals surface area contributed by atoms with Gasteiger partial charge in [0.15, 0.2) is 0 Å². The third kappa shape index (κ3) is 7.84. The van der Waals surface area contributed by atoms with Gasteiger partial charge in [0.1, 0.15) is 0 Å². The van der Waals surface area contributed by atoms with Crippen LogP contribution in [-0.4, -0.2) is 12.1 Å². The van der Waals surface area contributed by atoms with E-state index in [9.17, 15) is 0 Å². The highest BCUT2D eigenvalue weighted by atomic mass is 14.9. The van der Waals surface area contributed by atoms with Crippen molar-refractivity contribution in [3.8, 4) is 0 Å². The molecule has 1 nitrogen and oxygen atoms in total. The SMILES string of the molecule is CCCCC(CC)NC(CC)CCCC. The zero-order chi connectivity index (χ0) is 11.5. The summed E-state index contributed by atoms with van der Waals surface area (Å²) < 4.78 is 0. The van der Waals surface area contributed by atoms with E-state index in [-0.39, 0.29) is 0 Å². The van der Waals surface area contributed by atoms with E-state index in [0.717, 1.165) is 12.1 Å². The smallest absolute Gasteiger partial charge is 0.00670 e. The highest BCUT2D eigenvalue weighted by Crippen LogP contribution is 2.10. The lowest BCUT2D eigenvalue weighted by atomic mass is 10.0. The summed E-state index contributed by atoms with van der Waals surface area (Å²) in [6, 6.07) is 1.51. The van der Waals surface area contributed by atoms with Crippen molar-refractivity contribution < 1.29 is 0 Å². The number of unbranched alkanes of at least 4 members (excludes halogenated alkanes) is 2. The fourth-order valence-electron chi connectivity index (χ4n) is 2.04. The normalized spacial score (nSPS) is 15.2. The molecule has 0 aliphatic rings. The first-order valence-electron chi connectivity index (χ1n) is 7.04. The summed E-state index contributed by atoms with van der Waals surface area (Å²) in [5.41, 5.74) is 0. The summed E-state index contributed by atoms with van der Waals surface area (Å²) in [5, 5.41) is 3.82. The van der Waals surface area contributed by atoms with Gasteiger partial charge in [0.2, 0.25) is 0 Å². The zero-order valence-corrected chi connectivity index (χ0v) is 11.3. The number of nitrogens with one attached hydrogen (secondary N) is 1. The molecule has 0 rings (SSSR count). The molecule has 15 heavy (non-hydrogen) atoms. The topological polar surface area (TPSA) is 12.0 Å². The zero-order valence-electron chi connectivity index (χ0n) is 11.3. The fraction of sp³-hybridized carbons (Fsp3) is 1.00. The lowest BCUT2D eigenvalue weighted by Gasteiger charge is -2.24. The van der Waals surface area contributed by atoms with Gasteiger partial charge in [-0.1, -0.05) is 53.4 Å². The largest absolute Gasteiger partial charge is 0.311 e.